The molecule has 1 N–H and O–H groups in total. The van der Waals surface area contributed by atoms with Gasteiger partial charge in [-0.1, -0.05) is 12.1 Å². The molecule has 4 rings (SSSR count). The van der Waals surface area contributed by atoms with Crippen molar-refractivity contribution in [3.05, 3.63) is 77.6 Å². The lowest BCUT2D eigenvalue weighted by Gasteiger charge is -2.12. The highest BCUT2D eigenvalue weighted by Crippen LogP contribution is 2.31. The van der Waals surface area contributed by atoms with Gasteiger partial charge < -0.3 is 5.32 Å². The summed E-state index contributed by atoms with van der Waals surface area (Å²) in [4.78, 5) is 8.24. The van der Waals surface area contributed by atoms with Gasteiger partial charge in [0.2, 0.25) is 0 Å². The van der Waals surface area contributed by atoms with Crippen molar-refractivity contribution in [2.75, 3.05) is 5.32 Å². The number of fused-ring (bicyclic) bond motifs is 1. The van der Waals surface area contributed by atoms with E-state index in [9.17, 15) is 27.2 Å². The molecule has 0 spiro atoms. The first-order valence-electron chi connectivity index (χ1n) is 8.88. The molecule has 0 aliphatic carbocycles. The van der Waals surface area contributed by atoms with Gasteiger partial charge >= 0.3 is 6.18 Å². The fraction of sp³-hybridized carbons (Fsp3) is 0.0952. The molecule has 0 saturated carbocycles. The van der Waals surface area contributed by atoms with E-state index >= 15 is 0 Å². The number of halogens is 5. The Bertz CT molecular complexity index is 1290. The van der Waals surface area contributed by atoms with E-state index in [2.05, 4.69) is 15.3 Å². The van der Waals surface area contributed by atoms with Gasteiger partial charge in [0.25, 0.3) is 6.43 Å². The summed E-state index contributed by atoms with van der Waals surface area (Å²) in [5.74, 6) is -0.409. The molecular formula is C21H12F5N5. The van der Waals surface area contributed by atoms with Crippen LogP contribution in [0.5, 0.6) is 0 Å². The van der Waals surface area contributed by atoms with E-state index in [4.69, 9.17) is 0 Å². The number of nitrogens with one attached hydrogen (secondary N) is 1. The zero-order chi connectivity index (χ0) is 22.2. The Morgan fingerprint density at radius 2 is 1.68 bits per heavy atom. The monoisotopic (exact) mass is 429 g/mol. The molecule has 5 nitrogen and oxygen atoms in total. The summed E-state index contributed by atoms with van der Waals surface area (Å²) in [6, 6.07) is 15.3. The summed E-state index contributed by atoms with van der Waals surface area (Å²) < 4.78 is 66.7. The maximum atomic E-state index is 13.6. The summed E-state index contributed by atoms with van der Waals surface area (Å²) in [6.07, 6.45) is -7.37. The van der Waals surface area contributed by atoms with Gasteiger partial charge in [-0.3, -0.25) is 4.57 Å². The molecule has 2 aromatic carbocycles. The molecule has 2 aromatic heterocycles. The number of aromatic nitrogens is 3. The molecule has 0 atom stereocenters. The van der Waals surface area contributed by atoms with Gasteiger partial charge in [-0.15, -0.1) is 0 Å². The van der Waals surface area contributed by atoms with Crippen molar-refractivity contribution in [2.24, 2.45) is 0 Å². The van der Waals surface area contributed by atoms with E-state index < -0.39 is 24.0 Å². The van der Waals surface area contributed by atoms with Gasteiger partial charge in [-0.05, 0) is 48.5 Å². The second-order valence-corrected chi connectivity index (χ2v) is 6.51. The molecule has 31 heavy (non-hydrogen) atoms. The van der Waals surface area contributed by atoms with Crippen LogP contribution < -0.4 is 5.32 Å². The molecule has 0 bridgehead atoms. The topological polar surface area (TPSA) is 66.5 Å². The highest BCUT2D eigenvalue weighted by Gasteiger charge is 2.30. The average Bonchev–Trinajstić information content (AvgIpc) is 3.13. The Morgan fingerprint density at radius 1 is 0.968 bits per heavy atom. The quantitative estimate of drug-likeness (QED) is 0.405. The Labute approximate surface area is 172 Å². The molecule has 0 amide bonds. The number of rotatable bonds is 4. The number of hydrogen-bond donors (Lipinski definition) is 1. The smallest absolute Gasteiger partial charge is 0.340 e. The van der Waals surface area contributed by atoms with Crippen LogP contribution in [0.3, 0.4) is 0 Å². The third-order valence-corrected chi connectivity index (χ3v) is 4.44. The van der Waals surface area contributed by atoms with Crippen molar-refractivity contribution < 1.29 is 22.0 Å². The summed E-state index contributed by atoms with van der Waals surface area (Å²) in [5.41, 5.74) is 0.299. The minimum Gasteiger partial charge on any atom is -0.340 e. The zero-order valence-electron chi connectivity index (χ0n) is 15.5. The lowest BCUT2D eigenvalue weighted by atomic mass is 10.2. The van der Waals surface area contributed by atoms with Gasteiger partial charge in [0.1, 0.15) is 11.6 Å². The highest BCUT2D eigenvalue weighted by molar-refractivity contribution is 5.78. The van der Waals surface area contributed by atoms with Crippen molar-refractivity contribution in [1.82, 2.24) is 14.5 Å². The van der Waals surface area contributed by atoms with Crippen LogP contribution in [0, 0.1) is 11.3 Å². The third kappa shape index (κ3) is 4.02. The maximum absolute atomic E-state index is 13.6. The van der Waals surface area contributed by atoms with Gasteiger partial charge in [-0.2, -0.15) is 18.4 Å². The molecule has 2 heterocycles. The highest BCUT2D eigenvalue weighted by atomic mass is 19.4. The SMILES string of the molecule is N#Cc1cc(Nc2ccc(C(F)(F)F)cc2)nc(-n2c(C(F)F)nc3ccccc32)c1. The Morgan fingerprint density at radius 3 is 2.32 bits per heavy atom. The van der Waals surface area contributed by atoms with E-state index in [1.165, 1.54) is 24.3 Å². The first-order valence-corrected chi connectivity index (χ1v) is 8.88. The summed E-state index contributed by atoms with van der Waals surface area (Å²) >= 11 is 0. The van der Waals surface area contributed by atoms with Crippen LogP contribution in [-0.4, -0.2) is 14.5 Å². The Balaban J connectivity index is 1.79. The maximum Gasteiger partial charge on any atom is 0.416 e. The number of anilines is 2. The molecule has 10 heteroatoms. The molecule has 4 aromatic rings. The molecule has 0 fully saturated rings. The molecule has 0 aliphatic rings. The number of alkyl halides is 5. The van der Waals surface area contributed by atoms with Crippen LogP contribution in [0.25, 0.3) is 16.9 Å². The van der Waals surface area contributed by atoms with E-state index in [1.54, 1.807) is 24.3 Å². The van der Waals surface area contributed by atoms with E-state index in [0.717, 1.165) is 16.7 Å². The zero-order valence-corrected chi connectivity index (χ0v) is 15.5. The molecule has 0 unspecified atom stereocenters. The number of para-hydroxylation sites is 2. The summed E-state index contributed by atoms with van der Waals surface area (Å²) in [5, 5.41) is 12.2. The van der Waals surface area contributed by atoms with Crippen LogP contribution in [-0.2, 0) is 6.18 Å². The minimum atomic E-state index is -4.47. The number of pyridine rings is 1. The van der Waals surface area contributed by atoms with Crippen molar-refractivity contribution in [3.8, 4) is 11.9 Å². The van der Waals surface area contributed by atoms with Crippen LogP contribution >= 0.6 is 0 Å². The van der Waals surface area contributed by atoms with Gasteiger partial charge in [0, 0.05) is 5.69 Å². The number of nitriles is 1. The average molecular weight is 429 g/mol. The van der Waals surface area contributed by atoms with Crippen LogP contribution in [0.4, 0.5) is 33.5 Å². The number of hydrogen-bond acceptors (Lipinski definition) is 4. The Hall–Kier alpha value is -4.00. The van der Waals surface area contributed by atoms with Gasteiger partial charge in [0.05, 0.1) is 28.2 Å². The third-order valence-electron chi connectivity index (χ3n) is 4.44. The first-order chi connectivity index (χ1) is 14.8. The number of benzene rings is 2. The number of imidazole rings is 1. The number of nitrogens with zero attached hydrogens (tertiary/aromatic N) is 4. The van der Waals surface area contributed by atoms with E-state index in [0.29, 0.717) is 11.0 Å². The molecular weight excluding hydrogens is 417 g/mol. The second kappa shape index (κ2) is 7.68. The first kappa shape index (κ1) is 20.3. The van der Waals surface area contributed by atoms with Crippen molar-refractivity contribution >= 4 is 22.5 Å². The predicted molar refractivity (Wildman–Crippen MR) is 103 cm³/mol. The van der Waals surface area contributed by atoms with E-state index in [-0.39, 0.29) is 22.9 Å². The van der Waals surface area contributed by atoms with Gasteiger partial charge in [-0.25, -0.2) is 18.7 Å². The molecule has 0 saturated heterocycles. The molecule has 0 aliphatic heterocycles. The Kier molecular flexibility index (Phi) is 5.02. The largest absolute Gasteiger partial charge is 0.416 e. The lowest BCUT2D eigenvalue weighted by molar-refractivity contribution is -0.137. The van der Waals surface area contributed by atoms with Crippen LogP contribution in [0.15, 0.2) is 60.7 Å². The second-order valence-electron chi connectivity index (χ2n) is 6.51. The van der Waals surface area contributed by atoms with Crippen molar-refractivity contribution in [3.63, 3.8) is 0 Å². The standard InChI is InChI=1S/C21H12F5N5/c22-19(23)20-29-15-3-1-2-4-16(15)31(20)18-10-12(11-27)9-17(30-18)28-14-7-5-13(6-8-14)21(24,25)26/h1-10,19H,(H,28,30). The molecule has 156 valence electrons. The summed E-state index contributed by atoms with van der Waals surface area (Å²) in [6.45, 7) is 0. The van der Waals surface area contributed by atoms with E-state index in [1.807, 2.05) is 6.07 Å². The van der Waals surface area contributed by atoms with Crippen LogP contribution in [0.2, 0.25) is 0 Å². The summed E-state index contributed by atoms with van der Waals surface area (Å²) in [7, 11) is 0. The fourth-order valence-corrected chi connectivity index (χ4v) is 3.08. The van der Waals surface area contributed by atoms with Crippen molar-refractivity contribution in [2.45, 2.75) is 12.6 Å². The lowest BCUT2D eigenvalue weighted by Crippen LogP contribution is -2.07. The predicted octanol–water partition coefficient (Wildman–Crippen LogP) is 5.99. The normalized spacial score (nSPS) is 11.6. The molecule has 0 radical (unpaired) electrons. The van der Waals surface area contributed by atoms with Crippen LogP contribution in [0.1, 0.15) is 23.4 Å². The van der Waals surface area contributed by atoms with Gasteiger partial charge in [0.15, 0.2) is 5.82 Å². The fourth-order valence-electron chi connectivity index (χ4n) is 3.08. The van der Waals surface area contributed by atoms with Crippen molar-refractivity contribution in [1.29, 1.82) is 5.26 Å². The minimum absolute atomic E-state index is 0.0254.